The Kier molecular flexibility index (Phi) is 4.81. The van der Waals surface area contributed by atoms with Gasteiger partial charge in [-0.3, -0.25) is 9.78 Å². The van der Waals surface area contributed by atoms with E-state index in [2.05, 4.69) is 29.1 Å². The van der Waals surface area contributed by atoms with Crippen LogP contribution in [-0.2, 0) is 0 Å². The highest BCUT2D eigenvalue weighted by molar-refractivity contribution is 7.98. The van der Waals surface area contributed by atoms with Crippen molar-refractivity contribution in [2.24, 2.45) is 0 Å². The van der Waals surface area contributed by atoms with Crippen molar-refractivity contribution in [2.75, 3.05) is 11.6 Å². The number of hydrogen-bond acceptors (Lipinski definition) is 4. The molecule has 2 heterocycles. The average Bonchev–Trinajstić information content (AvgIpc) is 2.61. The number of nitrogens with zero attached hydrogens (tertiary/aromatic N) is 2. The Hall–Kier alpha value is -2.40. The molecule has 122 valence electrons. The van der Waals surface area contributed by atoms with Gasteiger partial charge >= 0.3 is 0 Å². The minimum Gasteiger partial charge on any atom is -0.321 e. The van der Waals surface area contributed by atoms with E-state index in [4.69, 9.17) is 0 Å². The summed E-state index contributed by atoms with van der Waals surface area (Å²) in [6.45, 7) is 4.15. The molecule has 3 aromatic rings. The number of carbonyl (C=O) groups is 1. The van der Waals surface area contributed by atoms with Crippen LogP contribution in [0.5, 0.6) is 0 Å². The first-order valence-electron chi connectivity index (χ1n) is 7.79. The fraction of sp³-hybridized carbons (Fsp3) is 0.211. The number of para-hydroxylation sites is 1. The third-order valence-electron chi connectivity index (χ3n) is 3.78. The molecule has 0 aliphatic rings. The zero-order valence-corrected chi connectivity index (χ0v) is 14.7. The Morgan fingerprint density at radius 2 is 1.96 bits per heavy atom. The highest BCUT2D eigenvalue weighted by atomic mass is 32.2. The predicted molar refractivity (Wildman–Crippen MR) is 99.8 cm³/mol. The lowest BCUT2D eigenvalue weighted by Gasteiger charge is -2.12. The van der Waals surface area contributed by atoms with E-state index in [9.17, 15) is 4.79 Å². The van der Waals surface area contributed by atoms with E-state index in [1.54, 1.807) is 18.0 Å². The largest absolute Gasteiger partial charge is 0.321 e. The summed E-state index contributed by atoms with van der Waals surface area (Å²) in [6, 6.07) is 13.4. The van der Waals surface area contributed by atoms with Crippen molar-refractivity contribution < 1.29 is 4.79 Å². The third-order valence-corrected chi connectivity index (χ3v) is 4.44. The number of anilines is 1. The van der Waals surface area contributed by atoms with Gasteiger partial charge in [0.05, 0.1) is 28.0 Å². The van der Waals surface area contributed by atoms with E-state index in [0.29, 0.717) is 11.3 Å². The maximum Gasteiger partial charge on any atom is 0.256 e. The van der Waals surface area contributed by atoms with E-state index < -0.39 is 0 Å². The maximum atomic E-state index is 12.8. The average molecular weight is 337 g/mol. The van der Waals surface area contributed by atoms with Gasteiger partial charge in [0.15, 0.2) is 0 Å². The second-order valence-corrected chi connectivity index (χ2v) is 6.64. The number of carbonyl (C=O) groups excluding carboxylic acids is 1. The van der Waals surface area contributed by atoms with Gasteiger partial charge in [-0.15, -0.1) is 11.8 Å². The second kappa shape index (κ2) is 7.01. The molecule has 2 aromatic heterocycles. The summed E-state index contributed by atoms with van der Waals surface area (Å²) in [6.07, 6.45) is 3.65. The van der Waals surface area contributed by atoms with Crippen molar-refractivity contribution in [3.63, 3.8) is 0 Å². The van der Waals surface area contributed by atoms with E-state index >= 15 is 0 Å². The van der Waals surface area contributed by atoms with Crippen molar-refractivity contribution in [2.45, 2.75) is 24.8 Å². The molecule has 3 rings (SSSR count). The van der Waals surface area contributed by atoms with E-state index in [1.165, 1.54) is 0 Å². The Labute approximate surface area is 145 Å². The van der Waals surface area contributed by atoms with Crippen molar-refractivity contribution >= 4 is 34.3 Å². The van der Waals surface area contributed by atoms with Crippen LogP contribution in [0.4, 0.5) is 5.69 Å². The number of fused-ring (bicyclic) bond motifs is 1. The van der Waals surface area contributed by atoms with E-state index in [-0.39, 0.29) is 11.8 Å². The van der Waals surface area contributed by atoms with Crippen LogP contribution in [0.3, 0.4) is 0 Å². The first kappa shape index (κ1) is 16.5. The van der Waals surface area contributed by atoms with Crippen LogP contribution in [0.2, 0.25) is 0 Å². The van der Waals surface area contributed by atoms with Gasteiger partial charge < -0.3 is 5.32 Å². The van der Waals surface area contributed by atoms with E-state index in [1.807, 2.05) is 48.7 Å². The smallest absolute Gasteiger partial charge is 0.256 e. The lowest BCUT2D eigenvalue weighted by atomic mass is 10.0. The molecular formula is C19H19N3OS. The summed E-state index contributed by atoms with van der Waals surface area (Å²) in [5, 5.41) is 4.70. The summed E-state index contributed by atoms with van der Waals surface area (Å²) in [4.78, 5) is 21.7. The molecular weight excluding hydrogens is 318 g/mol. The topological polar surface area (TPSA) is 54.9 Å². The zero-order valence-electron chi connectivity index (χ0n) is 13.9. The van der Waals surface area contributed by atoms with Crippen LogP contribution >= 0.6 is 11.8 Å². The van der Waals surface area contributed by atoms with E-state index in [0.717, 1.165) is 21.6 Å². The molecule has 0 fully saturated rings. The van der Waals surface area contributed by atoms with Crippen LogP contribution in [0, 0.1) is 0 Å². The summed E-state index contributed by atoms with van der Waals surface area (Å²) in [5.74, 6) is 0.109. The number of hydrogen-bond donors (Lipinski definition) is 1. The molecule has 5 heteroatoms. The first-order chi connectivity index (χ1) is 11.6. The zero-order chi connectivity index (χ0) is 17.1. The summed E-state index contributed by atoms with van der Waals surface area (Å²) < 4.78 is 0. The summed E-state index contributed by atoms with van der Waals surface area (Å²) >= 11 is 1.57. The van der Waals surface area contributed by atoms with Crippen LogP contribution in [-0.4, -0.2) is 22.1 Å². The fourth-order valence-corrected chi connectivity index (χ4v) is 2.82. The molecule has 1 N–H and O–H groups in total. The van der Waals surface area contributed by atoms with Gasteiger partial charge in [0.2, 0.25) is 0 Å². The Morgan fingerprint density at radius 3 is 2.62 bits per heavy atom. The first-order valence-corrected chi connectivity index (χ1v) is 9.02. The van der Waals surface area contributed by atoms with Gasteiger partial charge in [-0.25, -0.2) is 4.98 Å². The molecule has 0 unspecified atom stereocenters. The second-order valence-electron chi connectivity index (χ2n) is 5.81. The number of amides is 1. The quantitative estimate of drug-likeness (QED) is 0.699. The standard InChI is InChI=1S/C19H19N3OS/c1-12(2)17-10-15(14-6-4-5-7-16(14)22-17)19(23)21-13-8-9-18(24-3)20-11-13/h4-12H,1-3H3,(H,21,23). The molecule has 1 amide bonds. The lowest BCUT2D eigenvalue weighted by Crippen LogP contribution is -2.14. The molecule has 24 heavy (non-hydrogen) atoms. The third kappa shape index (κ3) is 3.41. The molecule has 0 atom stereocenters. The molecule has 0 aliphatic carbocycles. The van der Waals surface area contributed by atoms with Crippen LogP contribution < -0.4 is 5.32 Å². The molecule has 0 spiro atoms. The van der Waals surface area contributed by atoms with Gasteiger partial charge in [-0.05, 0) is 36.4 Å². The SMILES string of the molecule is CSc1ccc(NC(=O)c2cc(C(C)C)nc3ccccc23)cn1. The Balaban J connectivity index is 1.98. The van der Waals surface area contributed by atoms with Crippen molar-refractivity contribution in [1.82, 2.24) is 9.97 Å². The highest BCUT2D eigenvalue weighted by Crippen LogP contribution is 2.23. The number of rotatable bonds is 4. The maximum absolute atomic E-state index is 12.8. The minimum absolute atomic E-state index is 0.144. The molecule has 0 saturated carbocycles. The fourth-order valence-electron chi connectivity index (χ4n) is 2.45. The van der Waals surface area contributed by atoms with Crippen molar-refractivity contribution in [1.29, 1.82) is 0 Å². The summed E-state index contributed by atoms with van der Waals surface area (Å²) in [5.41, 5.74) is 3.07. The molecule has 0 bridgehead atoms. The van der Waals surface area contributed by atoms with Gasteiger partial charge in [0.25, 0.3) is 5.91 Å². The number of pyridine rings is 2. The molecule has 1 aromatic carbocycles. The van der Waals surface area contributed by atoms with Crippen LogP contribution in [0.1, 0.15) is 35.8 Å². The van der Waals surface area contributed by atoms with Gasteiger partial charge in [-0.1, -0.05) is 32.0 Å². The number of nitrogens with one attached hydrogen (secondary N) is 1. The van der Waals surface area contributed by atoms with Crippen LogP contribution in [0.15, 0.2) is 53.7 Å². The predicted octanol–water partition coefficient (Wildman–Crippen LogP) is 4.73. The van der Waals surface area contributed by atoms with Gasteiger partial charge in [-0.2, -0.15) is 0 Å². The van der Waals surface area contributed by atoms with Gasteiger partial charge in [0.1, 0.15) is 0 Å². The molecule has 0 saturated heterocycles. The monoisotopic (exact) mass is 337 g/mol. The molecule has 0 aliphatic heterocycles. The van der Waals surface area contributed by atoms with Crippen molar-refractivity contribution in [3.05, 3.63) is 59.9 Å². The summed E-state index contributed by atoms with van der Waals surface area (Å²) in [7, 11) is 0. The lowest BCUT2D eigenvalue weighted by molar-refractivity contribution is 0.102. The Morgan fingerprint density at radius 1 is 1.17 bits per heavy atom. The molecule has 0 radical (unpaired) electrons. The minimum atomic E-state index is -0.144. The van der Waals surface area contributed by atoms with Crippen LogP contribution in [0.25, 0.3) is 10.9 Å². The molecule has 4 nitrogen and oxygen atoms in total. The number of aromatic nitrogens is 2. The highest BCUT2D eigenvalue weighted by Gasteiger charge is 2.14. The van der Waals surface area contributed by atoms with Gasteiger partial charge in [0, 0.05) is 11.1 Å². The number of benzene rings is 1. The number of thioether (sulfide) groups is 1. The normalized spacial score (nSPS) is 11.0. The van der Waals surface area contributed by atoms with Crippen molar-refractivity contribution in [3.8, 4) is 0 Å². The Bertz CT molecular complexity index is 875.